The van der Waals surface area contributed by atoms with Crippen LogP contribution in [0, 0.1) is 26.2 Å². The van der Waals surface area contributed by atoms with E-state index in [0.29, 0.717) is 21.4 Å². The number of carbonyl (C=O) groups is 1. The van der Waals surface area contributed by atoms with Gasteiger partial charge in [0.15, 0.2) is 4.80 Å². The lowest BCUT2D eigenvalue weighted by atomic mass is 10.1. The molecule has 6 heteroatoms. The third-order valence-electron chi connectivity index (χ3n) is 3.72. The molecular formula is C19H14Cl2N2OS. The third-order valence-corrected chi connectivity index (χ3v) is 5.31. The maximum atomic E-state index is 12.6. The van der Waals surface area contributed by atoms with Crippen molar-refractivity contribution >= 4 is 50.7 Å². The largest absolute Gasteiger partial charge is 0.304 e. The molecule has 0 aliphatic carbocycles. The van der Waals surface area contributed by atoms with E-state index in [1.807, 2.05) is 18.4 Å². The second-order valence-corrected chi connectivity index (χ2v) is 7.50. The maximum Gasteiger partial charge on any atom is 0.281 e. The lowest BCUT2D eigenvalue weighted by Gasteiger charge is -2.04. The van der Waals surface area contributed by atoms with Crippen molar-refractivity contribution in [2.45, 2.75) is 20.4 Å². The number of nitrogens with zero attached hydrogens (tertiary/aromatic N) is 2. The number of aromatic nitrogens is 1. The zero-order chi connectivity index (χ0) is 18.1. The van der Waals surface area contributed by atoms with Crippen LogP contribution in [0.1, 0.15) is 21.5 Å². The van der Waals surface area contributed by atoms with Gasteiger partial charge < -0.3 is 4.57 Å². The van der Waals surface area contributed by atoms with Crippen molar-refractivity contribution in [3.05, 3.63) is 61.9 Å². The molecule has 0 unspecified atom stereocenters. The van der Waals surface area contributed by atoms with Crippen LogP contribution >= 0.6 is 34.5 Å². The molecule has 126 valence electrons. The van der Waals surface area contributed by atoms with Gasteiger partial charge in [-0.15, -0.1) is 6.42 Å². The zero-order valence-electron chi connectivity index (χ0n) is 13.6. The molecule has 1 aromatic heterocycles. The zero-order valence-corrected chi connectivity index (χ0v) is 16.0. The molecule has 3 rings (SSSR count). The van der Waals surface area contributed by atoms with Crippen molar-refractivity contribution in [1.82, 2.24) is 4.57 Å². The van der Waals surface area contributed by atoms with Gasteiger partial charge in [-0.1, -0.05) is 46.5 Å². The van der Waals surface area contributed by atoms with Gasteiger partial charge >= 0.3 is 0 Å². The molecule has 0 saturated carbocycles. The molecule has 1 heterocycles. The van der Waals surface area contributed by atoms with E-state index in [4.69, 9.17) is 29.6 Å². The highest BCUT2D eigenvalue weighted by molar-refractivity contribution is 7.16. The maximum absolute atomic E-state index is 12.6. The van der Waals surface area contributed by atoms with Crippen LogP contribution in [0.15, 0.2) is 35.3 Å². The number of hydrogen-bond donors (Lipinski definition) is 0. The van der Waals surface area contributed by atoms with E-state index >= 15 is 0 Å². The highest BCUT2D eigenvalue weighted by Gasteiger charge is 2.13. The first-order valence-electron chi connectivity index (χ1n) is 7.49. The number of rotatable bonds is 2. The summed E-state index contributed by atoms with van der Waals surface area (Å²) >= 11 is 13.5. The Bertz CT molecular complexity index is 1100. The molecule has 0 atom stereocenters. The van der Waals surface area contributed by atoms with Crippen LogP contribution in [-0.4, -0.2) is 10.5 Å². The number of amides is 1. The number of thiazole rings is 1. The van der Waals surface area contributed by atoms with E-state index in [1.165, 1.54) is 17.4 Å². The molecular weight excluding hydrogens is 375 g/mol. The molecule has 0 bridgehead atoms. The van der Waals surface area contributed by atoms with Gasteiger partial charge in [-0.05, 0) is 49.2 Å². The summed E-state index contributed by atoms with van der Waals surface area (Å²) < 4.78 is 2.92. The molecule has 0 aliphatic heterocycles. The molecule has 1 amide bonds. The lowest BCUT2D eigenvalue weighted by Crippen LogP contribution is -2.17. The van der Waals surface area contributed by atoms with E-state index in [9.17, 15) is 4.79 Å². The molecule has 0 spiro atoms. The Kier molecular flexibility index (Phi) is 5.01. The number of aryl methyl sites for hydroxylation is 2. The summed E-state index contributed by atoms with van der Waals surface area (Å²) in [6.45, 7) is 4.39. The van der Waals surface area contributed by atoms with Crippen molar-refractivity contribution in [3.8, 4) is 12.3 Å². The van der Waals surface area contributed by atoms with E-state index in [2.05, 4.69) is 23.0 Å². The summed E-state index contributed by atoms with van der Waals surface area (Å²) in [6, 6.07) is 8.88. The first-order valence-corrected chi connectivity index (χ1v) is 9.06. The van der Waals surface area contributed by atoms with Crippen LogP contribution < -0.4 is 4.80 Å². The number of terminal acetylenes is 1. The highest BCUT2D eigenvalue weighted by atomic mass is 35.5. The summed E-state index contributed by atoms with van der Waals surface area (Å²) in [7, 11) is 0. The smallest absolute Gasteiger partial charge is 0.281 e. The molecule has 0 fully saturated rings. The quantitative estimate of drug-likeness (QED) is 0.568. The summed E-state index contributed by atoms with van der Waals surface area (Å²) in [5.41, 5.74) is 3.51. The Morgan fingerprint density at radius 2 is 2.04 bits per heavy atom. The van der Waals surface area contributed by atoms with Crippen LogP contribution in [0.5, 0.6) is 0 Å². The van der Waals surface area contributed by atoms with E-state index in [0.717, 1.165) is 21.3 Å². The summed E-state index contributed by atoms with van der Waals surface area (Å²) in [5, 5.41) is 0.747. The second kappa shape index (κ2) is 7.05. The monoisotopic (exact) mass is 388 g/mol. The minimum atomic E-state index is -0.445. The fraction of sp³-hybridized carbons (Fsp3) is 0.158. The molecule has 0 radical (unpaired) electrons. The van der Waals surface area contributed by atoms with Crippen molar-refractivity contribution in [3.63, 3.8) is 0 Å². The lowest BCUT2D eigenvalue weighted by molar-refractivity contribution is 0.0998. The Morgan fingerprint density at radius 3 is 2.76 bits per heavy atom. The van der Waals surface area contributed by atoms with Gasteiger partial charge in [-0.3, -0.25) is 4.79 Å². The summed E-state index contributed by atoms with van der Waals surface area (Å²) in [6.07, 6.45) is 5.51. The fourth-order valence-electron chi connectivity index (χ4n) is 2.72. The van der Waals surface area contributed by atoms with Gasteiger partial charge in [0.1, 0.15) is 0 Å². The minimum absolute atomic E-state index is 0.270. The van der Waals surface area contributed by atoms with E-state index in [1.54, 1.807) is 12.1 Å². The number of halogens is 2. The second-order valence-electron chi connectivity index (χ2n) is 5.64. The standard InChI is InChI=1S/C19H14Cl2N2OS/c1-4-7-23-17-12(3)8-11(2)9-16(17)25-19(23)22-18(24)14-10-13(20)5-6-15(14)21/h1,5-6,8-10H,7H2,2-3H3. The molecule has 25 heavy (non-hydrogen) atoms. The molecule has 0 saturated heterocycles. The molecule has 3 nitrogen and oxygen atoms in total. The number of carbonyl (C=O) groups excluding carboxylic acids is 1. The summed E-state index contributed by atoms with van der Waals surface area (Å²) in [4.78, 5) is 17.4. The van der Waals surface area contributed by atoms with Crippen molar-refractivity contribution in [1.29, 1.82) is 0 Å². The van der Waals surface area contributed by atoms with Crippen molar-refractivity contribution in [2.75, 3.05) is 0 Å². The average Bonchev–Trinajstić information content (AvgIpc) is 2.87. The fourth-order valence-corrected chi connectivity index (χ4v) is 4.30. The van der Waals surface area contributed by atoms with E-state index < -0.39 is 5.91 Å². The van der Waals surface area contributed by atoms with Crippen LogP contribution in [0.4, 0.5) is 0 Å². The van der Waals surface area contributed by atoms with Gasteiger partial charge in [0, 0.05) is 5.02 Å². The van der Waals surface area contributed by atoms with Crippen LogP contribution in [0.3, 0.4) is 0 Å². The first kappa shape index (κ1) is 17.8. The first-order chi connectivity index (χ1) is 11.9. The Hall–Kier alpha value is -2.06. The van der Waals surface area contributed by atoms with E-state index in [-0.39, 0.29) is 5.56 Å². The van der Waals surface area contributed by atoms with Crippen LogP contribution in [0.25, 0.3) is 10.2 Å². The molecule has 0 aliphatic rings. The predicted octanol–water partition coefficient (Wildman–Crippen LogP) is 5.00. The van der Waals surface area contributed by atoms with Gasteiger partial charge in [-0.25, -0.2) is 0 Å². The van der Waals surface area contributed by atoms with Crippen molar-refractivity contribution in [2.24, 2.45) is 4.99 Å². The minimum Gasteiger partial charge on any atom is -0.304 e. The Morgan fingerprint density at radius 1 is 1.28 bits per heavy atom. The van der Waals surface area contributed by atoms with Crippen LogP contribution in [-0.2, 0) is 6.54 Å². The number of hydrogen-bond acceptors (Lipinski definition) is 2. The predicted molar refractivity (Wildman–Crippen MR) is 104 cm³/mol. The van der Waals surface area contributed by atoms with Crippen LogP contribution in [0.2, 0.25) is 10.0 Å². The molecule has 0 N–H and O–H groups in total. The third kappa shape index (κ3) is 3.50. The SMILES string of the molecule is C#CCn1c(=NC(=O)c2cc(Cl)ccc2Cl)sc2cc(C)cc(C)c21. The van der Waals surface area contributed by atoms with Gasteiger partial charge in [0.2, 0.25) is 0 Å². The Balaban J connectivity index is 2.24. The van der Waals surface area contributed by atoms with Crippen molar-refractivity contribution < 1.29 is 4.79 Å². The number of fused-ring (bicyclic) bond motifs is 1. The summed E-state index contributed by atoms with van der Waals surface area (Å²) in [5.74, 6) is 2.18. The van der Waals surface area contributed by atoms with Gasteiger partial charge in [0.05, 0.1) is 27.3 Å². The normalized spacial score (nSPS) is 11.7. The highest BCUT2D eigenvalue weighted by Crippen LogP contribution is 2.24. The molecule has 2 aromatic carbocycles. The van der Waals surface area contributed by atoms with Gasteiger partial charge in [0.25, 0.3) is 5.91 Å². The topological polar surface area (TPSA) is 34.4 Å². The van der Waals surface area contributed by atoms with Gasteiger partial charge in [-0.2, -0.15) is 4.99 Å². The number of benzene rings is 2. The molecule has 3 aromatic rings. The average molecular weight is 389 g/mol. The Labute approximate surface area is 159 Å².